The summed E-state index contributed by atoms with van der Waals surface area (Å²) >= 11 is 8.17. The van der Waals surface area contributed by atoms with Gasteiger partial charge in [-0.15, -0.1) is 0 Å². The molecule has 1 heterocycles. The molecule has 0 unspecified atom stereocenters. The summed E-state index contributed by atoms with van der Waals surface area (Å²) in [6.45, 7) is 3.17. The van der Waals surface area contributed by atoms with Crippen LogP contribution in [0.1, 0.15) is 16.8 Å². The van der Waals surface area contributed by atoms with E-state index in [9.17, 15) is 9.59 Å². The number of hydrogen-bond donors (Lipinski definition) is 1. The summed E-state index contributed by atoms with van der Waals surface area (Å²) in [5.41, 5.74) is 0.597. The number of rotatable bonds is 4. The zero-order chi connectivity index (χ0) is 15.4. The molecule has 1 aliphatic heterocycles. The van der Waals surface area contributed by atoms with E-state index in [1.165, 1.54) is 0 Å². The number of carboxylic acid groups (broad SMARTS) is 1. The van der Waals surface area contributed by atoms with Gasteiger partial charge < -0.3 is 10.0 Å². The molecule has 1 aliphatic rings. The summed E-state index contributed by atoms with van der Waals surface area (Å²) in [6, 6.07) is 5.31. The number of amides is 1. The van der Waals surface area contributed by atoms with E-state index in [1.807, 2.05) is 6.07 Å². The van der Waals surface area contributed by atoms with Crippen LogP contribution in [0.15, 0.2) is 18.2 Å². The number of carboxylic acids is 1. The molecule has 0 spiro atoms. The van der Waals surface area contributed by atoms with Crippen molar-refractivity contribution < 1.29 is 14.7 Å². The first-order chi connectivity index (χ1) is 9.97. The van der Waals surface area contributed by atoms with Crippen LogP contribution in [0.2, 0.25) is 5.02 Å². The molecule has 0 aliphatic carbocycles. The molecule has 1 N–H and O–H groups in total. The zero-order valence-electron chi connectivity index (χ0n) is 11.4. The van der Waals surface area contributed by atoms with Gasteiger partial charge in [0.05, 0.1) is 11.4 Å². The van der Waals surface area contributed by atoms with Crippen LogP contribution in [0.25, 0.3) is 0 Å². The second kappa shape index (κ2) is 7.42. The average molecular weight is 423 g/mol. The Bertz CT molecular complexity index is 545. The summed E-state index contributed by atoms with van der Waals surface area (Å²) in [4.78, 5) is 26.8. The maximum atomic E-state index is 12.4. The van der Waals surface area contributed by atoms with Gasteiger partial charge in [-0.2, -0.15) is 0 Å². The van der Waals surface area contributed by atoms with E-state index in [2.05, 4.69) is 27.5 Å². The molecular formula is C14H16ClIN2O3. The summed E-state index contributed by atoms with van der Waals surface area (Å²) in [5.74, 6) is -0.812. The predicted molar refractivity (Wildman–Crippen MR) is 88.8 cm³/mol. The summed E-state index contributed by atoms with van der Waals surface area (Å²) in [5, 5.41) is 9.26. The molecular weight excluding hydrogens is 407 g/mol. The van der Waals surface area contributed by atoms with Gasteiger partial charge in [-0.05, 0) is 40.8 Å². The SMILES string of the molecule is O=C(O)CCN1CCN(C(=O)c2ccc(I)c(Cl)c2)CC1. The Balaban J connectivity index is 1.90. The fourth-order valence-electron chi connectivity index (χ4n) is 2.24. The molecule has 1 aromatic carbocycles. The largest absolute Gasteiger partial charge is 0.481 e. The fourth-order valence-corrected chi connectivity index (χ4v) is 2.76. The van der Waals surface area contributed by atoms with Crippen molar-refractivity contribution in [2.75, 3.05) is 32.7 Å². The quantitative estimate of drug-likeness (QED) is 0.756. The number of halogens is 2. The van der Waals surface area contributed by atoms with E-state index in [0.29, 0.717) is 43.3 Å². The van der Waals surface area contributed by atoms with Gasteiger partial charge in [0, 0.05) is 41.9 Å². The lowest BCUT2D eigenvalue weighted by Gasteiger charge is -2.34. The van der Waals surface area contributed by atoms with Crippen molar-refractivity contribution in [1.82, 2.24) is 9.80 Å². The molecule has 0 saturated carbocycles. The van der Waals surface area contributed by atoms with Gasteiger partial charge >= 0.3 is 5.97 Å². The van der Waals surface area contributed by atoms with E-state index in [1.54, 1.807) is 17.0 Å². The van der Waals surface area contributed by atoms with Crippen molar-refractivity contribution in [2.24, 2.45) is 0 Å². The van der Waals surface area contributed by atoms with Crippen LogP contribution < -0.4 is 0 Å². The van der Waals surface area contributed by atoms with E-state index >= 15 is 0 Å². The first kappa shape index (κ1) is 16.5. The number of carbonyl (C=O) groups is 2. The minimum Gasteiger partial charge on any atom is -0.481 e. The lowest BCUT2D eigenvalue weighted by atomic mass is 10.2. The molecule has 1 aromatic rings. The van der Waals surface area contributed by atoms with Crippen molar-refractivity contribution in [3.63, 3.8) is 0 Å². The zero-order valence-corrected chi connectivity index (χ0v) is 14.3. The highest BCUT2D eigenvalue weighted by atomic mass is 127. The predicted octanol–water partition coefficient (Wildman–Crippen LogP) is 2.18. The van der Waals surface area contributed by atoms with E-state index in [4.69, 9.17) is 16.7 Å². The van der Waals surface area contributed by atoms with Gasteiger partial charge in [-0.25, -0.2) is 0 Å². The van der Waals surface area contributed by atoms with Crippen LogP contribution >= 0.6 is 34.2 Å². The Labute approximate surface area is 142 Å². The Morgan fingerprint density at radius 3 is 2.48 bits per heavy atom. The molecule has 5 nitrogen and oxygen atoms in total. The summed E-state index contributed by atoms with van der Waals surface area (Å²) in [6.07, 6.45) is 0.140. The molecule has 0 atom stereocenters. The first-order valence-corrected chi connectivity index (χ1v) is 8.11. The van der Waals surface area contributed by atoms with Crippen LogP contribution in [0.5, 0.6) is 0 Å². The third kappa shape index (κ3) is 4.55. The molecule has 1 amide bonds. The van der Waals surface area contributed by atoms with Crippen LogP contribution in [-0.4, -0.2) is 59.5 Å². The Morgan fingerprint density at radius 1 is 1.24 bits per heavy atom. The summed E-state index contributed by atoms with van der Waals surface area (Å²) in [7, 11) is 0. The van der Waals surface area contributed by atoms with Crippen LogP contribution in [-0.2, 0) is 4.79 Å². The van der Waals surface area contributed by atoms with Crippen LogP contribution in [0, 0.1) is 3.57 Å². The molecule has 1 saturated heterocycles. The molecule has 1 fully saturated rings. The van der Waals surface area contributed by atoms with Crippen molar-refractivity contribution in [1.29, 1.82) is 0 Å². The molecule has 114 valence electrons. The second-order valence-electron chi connectivity index (χ2n) is 4.91. The van der Waals surface area contributed by atoms with Gasteiger partial charge in [-0.1, -0.05) is 11.6 Å². The van der Waals surface area contributed by atoms with E-state index < -0.39 is 5.97 Å². The van der Waals surface area contributed by atoms with Crippen LogP contribution in [0.4, 0.5) is 0 Å². The Kier molecular flexibility index (Phi) is 5.83. The number of carbonyl (C=O) groups excluding carboxylic acids is 1. The van der Waals surface area contributed by atoms with Gasteiger partial charge in [-0.3, -0.25) is 14.5 Å². The smallest absolute Gasteiger partial charge is 0.304 e. The Morgan fingerprint density at radius 2 is 1.90 bits per heavy atom. The molecule has 2 rings (SSSR count). The lowest BCUT2D eigenvalue weighted by molar-refractivity contribution is -0.137. The fraction of sp³-hybridized carbons (Fsp3) is 0.429. The van der Waals surface area contributed by atoms with Crippen molar-refractivity contribution in [3.05, 3.63) is 32.4 Å². The highest BCUT2D eigenvalue weighted by Gasteiger charge is 2.22. The number of aliphatic carboxylic acids is 1. The maximum absolute atomic E-state index is 12.4. The number of hydrogen-bond acceptors (Lipinski definition) is 3. The van der Waals surface area contributed by atoms with Crippen molar-refractivity contribution >= 4 is 46.1 Å². The monoisotopic (exact) mass is 422 g/mol. The van der Waals surface area contributed by atoms with Crippen molar-refractivity contribution in [2.45, 2.75) is 6.42 Å². The van der Waals surface area contributed by atoms with Gasteiger partial charge in [0.25, 0.3) is 5.91 Å². The van der Waals surface area contributed by atoms with E-state index in [-0.39, 0.29) is 12.3 Å². The number of benzene rings is 1. The van der Waals surface area contributed by atoms with Crippen molar-refractivity contribution in [3.8, 4) is 0 Å². The van der Waals surface area contributed by atoms with Crippen LogP contribution in [0.3, 0.4) is 0 Å². The third-order valence-corrected chi connectivity index (χ3v) is 5.04. The molecule has 7 heteroatoms. The standard InChI is InChI=1S/C14H16ClIN2O3/c15-11-9-10(1-2-12(11)16)14(21)18-7-5-17(6-8-18)4-3-13(19)20/h1-2,9H,3-8H2,(H,19,20). The highest BCUT2D eigenvalue weighted by molar-refractivity contribution is 14.1. The molecule has 0 bridgehead atoms. The van der Waals surface area contributed by atoms with Gasteiger partial charge in [0.1, 0.15) is 0 Å². The molecule has 0 radical (unpaired) electrons. The second-order valence-corrected chi connectivity index (χ2v) is 6.48. The van der Waals surface area contributed by atoms with Gasteiger partial charge in [0.2, 0.25) is 0 Å². The first-order valence-electron chi connectivity index (χ1n) is 6.66. The molecule has 0 aromatic heterocycles. The maximum Gasteiger partial charge on any atom is 0.304 e. The highest BCUT2D eigenvalue weighted by Crippen LogP contribution is 2.20. The number of piperazine rings is 1. The minimum absolute atomic E-state index is 0.0221. The topological polar surface area (TPSA) is 60.9 Å². The Hall–Kier alpha value is -0.860. The lowest BCUT2D eigenvalue weighted by Crippen LogP contribution is -2.49. The number of nitrogens with zero attached hydrogens (tertiary/aromatic N) is 2. The van der Waals surface area contributed by atoms with Gasteiger partial charge in [0.15, 0.2) is 0 Å². The average Bonchev–Trinajstić information content (AvgIpc) is 2.48. The summed E-state index contributed by atoms with van der Waals surface area (Å²) < 4.78 is 0.921. The normalized spacial score (nSPS) is 16.0. The van der Waals surface area contributed by atoms with E-state index in [0.717, 1.165) is 3.57 Å². The minimum atomic E-state index is -0.790. The third-order valence-electron chi connectivity index (χ3n) is 3.47. The molecule has 21 heavy (non-hydrogen) atoms.